The molecular weight excluding hydrogens is 373 g/mol. The Labute approximate surface area is 165 Å². The molecule has 144 valence electrons. The number of nitrogens with zero attached hydrogens (tertiary/aromatic N) is 5. The number of hydrogen-bond donors (Lipinski definition) is 1. The number of ether oxygens (including phenoxy) is 1. The molecule has 5 rings (SSSR count). The van der Waals surface area contributed by atoms with Gasteiger partial charge in [0, 0.05) is 23.5 Å². The molecule has 8 heteroatoms. The smallest absolute Gasteiger partial charge is 0.186 e. The van der Waals surface area contributed by atoms with Crippen LogP contribution in [-0.2, 0) is 6.67 Å². The van der Waals surface area contributed by atoms with Crippen LogP contribution in [0.3, 0.4) is 0 Å². The van der Waals surface area contributed by atoms with Gasteiger partial charge in [0.2, 0.25) is 0 Å². The summed E-state index contributed by atoms with van der Waals surface area (Å²) in [6.07, 6.45) is 3.81. The van der Waals surface area contributed by atoms with Gasteiger partial charge in [0.05, 0.1) is 16.9 Å². The maximum Gasteiger partial charge on any atom is 0.186 e. The van der Waals surface area contributed by atoms with E-state index in [1.807, 2.05) is 53.4 Å². The van der Waals surface area contributed by atoms with Crippen molar-refractivity contribution in [3.8, 4) is 28.3 Å². The number of hydrogen-bond acceptors (Lipinski definition) is 5. The summed E-state index contributed by atoms with van der Waals surface area (Å²) in [5.74, 6) is -0.0239. The molecule has 0 saturated carbocycles. The van der Waals surface area contributed by atoms with E-state index in [0.29, 0.717) is 23.7 Å². The van der Waals surface area contributed by atoms with Crippen molar-refractivity contribution in [2.75, 3.05) is 6.79 Å². The third-order valence-electron chi connectivity index (χ3n) is 4.73. The molecule has 0 bridgehead atoms. The molecule has 7 nitrogen and oxygen atoms in total. The Morgan fingerprint density at radius 2 is 1.93 bits per heavy atom. The average molecular weight is 389 g/mol. The number of para-hydroxylation sites is 1. The number of aromatic nitrogens is 5. The maximum absolute atomic E-state index is 14.3. The van der Waals surface area contributed by atoms with Crippen molar-refractivity contribution in [2.24, 2.45) is 0 Å². The number of benzene rings is 2. The van der Waals surface area contributed by atoms with E-state index in [0.717, 1.165) is 22.3 Å². The summed E-state index contributed by atoms with van der Waals surface area (Å²) in [6.45, 7) is 0.00525. The minimum atomic E-state index is -0.474. The van der Waals surface area contributed by atoms with Gasteiger partial charge in [-0.1, -0.05) is 17.3 Å². The molecule has 3 aromatic rings. The fourth-order valence-electron chi connectivity index (χ4n) is 3.33. The highest BCUT2D eigenvalue weighted by molar-refractivity contribution is 5.75. The van der Waals surface area contributed by atoms with E-state index in [1.54, 1.807) is 4.68 Å². The van der Waals surface area contributed by atoms with Crippen LogP contribution in [0.2, 0.25) is 0 Å². The lowest BCUT2D eigenvalue weighted by Crippen LogP contribution is -2.09. The van der Waals surface area contributed by atoms with E-state index in [2.05, 4.69) is 15.3 Å². The highest BCUT2D eigenvalue weighted by Gasteiger charge is 2.15. The predicted octanol–water partition coefficient (Wildman–Crippen LogP) is 3.37. The summed E-state index contributed by atoms with van der Waals surface area (Å²) in [7, 11) is 0. The molecule has 2 aliphatic heterocycles. The van der Waals surface area contributed by atoms with Gasteiger partial charge >= 0.3 is 0 Å². The van der Waals surface area contributed by atoms with Crippen molar-refractivity contribution < 1.29 is 14.2 Å². The minimum absolute atomic E-state index is 0.320. The van der Waals surface area contributed by atoms with Crippen LogP contribution in [0.5, 0.6) is 5.75 Å². The normalized spacial score (nSPS) is 11.4. The summed E-state index contributed by atoms with van der Waals surface area (Å²) in [4.78, 5) is 4.57. The summed E-state index contributed by atoms with van der Waals surface area (Å²) >= 11 is 0. The largest absolute Gasteiger partial charge is 0.468 e. The number of rotatable bonds is 5. The topological polar surface area (TPSA) is 78.0 Å². The van der Waals surface area contributed by atoms with Crippen molar-refractivity contribution in [1.82, 2.24) is 24.5 Å². The first-order valence-electron chi connectivity index (χ1n) is 8.99. The van der Waals surface area contributed by atoms with E-state index >= 15 is 0 Å². The number of aliphatic hydroxyl groups is 1. The highest BCUT2D eigenvalue weighted by atomic mass is 19.1. The minimum Gasteiger partial charge on any atom is -0.468 e. The molecule has 29 heavy (non-hydrogen) atoms. The molecule has 1 N–H and O–H groups in total. The first kappa shape index (κ1) is 17.3. The second-order valence-electron chi connectivity index (χ2n) is 6.58. The Kier molecular flexibility index (Phi) is 4.18. The third-order valence-corrected chi connectivity index (χ3v) is 4.73. The monoisotopic (exact) mass is 389 g/mol. The standard InChI is InChI=1S/C21H16FN5O2/c22-17-6-5-15(29-13-28)10-16(17)19-9-14-7-8-26(11-20(14)23-19)12-27-21-4-2-1-3-18(21)24-25-27/h1-11,28H,12-13H2. The molecule has 0 radical (unpaired) electrons. The molecule has 0 atom stereocenters. The van der Waals surface area contributed by atoms with Gasteiger partial charge in [0.15, 0.2) is 6.79 Å². The summed E-state index contributed by atoms with van der Waals surface area (Å²) in [6, 6.07) is 15.8. The van der Waals surface area contributed by atoms with Crippen LogP contribution < -0.4 is 4.74 Å². The zero-order chi connectivity index (χ0) is 19.8. The lowest BCUT2D eigenvalue weighted by molar-refractivity contribution is 0.0985. The van der Waals surface area contributed by atoms with Crippen molar-refractivity contribution >= 4 is 11.0 Å². The van der Waals surface area contributed by atoms with Crippen molar-refractivity contribution in [1.29, 1.82) is 0 Å². The number of aliphatic hydroxyl groups excluding tert-OH is 1. The fraction of sp³-hybridized carbons (Fsp3) is 0.0952. The molecule has 0 unspecified atom stereocenters. The molecular formula is C21H16FN5O2. The number of fused-ring (bicyclic) bond motifs is 2. The Bertz CT molecular complexity index is 1280. The first-order chi connectivity index (χ1) is 14.2. The zero-order valence-corrected chi connectivity index (χ0v) is 15.2. The summed E-state index contributed by atoms with van der Waals surface area (Å²) in [5.41, 5.74) is 4.24. The Morgan fingerprint density at radius 3 is 2.83 bits per heavy atom. The molecule has 1 aromatic heterocycles. The maximum atomic E-state index is 14.3. The van der Waals surface area contributed by atoms with Crippen molar-refractivity contribution in [3.63, 3.8) is 0 Å². The predicted molar refractivity (Wildman–Crippen MR) is 105 cm³/mol. The van der Waals surface area contributed by atoms with E-state index in [9.17, 15) is 4.39 Å². The van der Waals surface area contributed by atoms with Crippen LogP contribution >= 0.6 is 0 Å². The second-order valence-corrected chi connectivity index (χ2v) is 6.58. The van der Waals surface area contributed by atoms with Gasteiger partial charge in [0.1, 0.15) is 23.8 Å². The number of halogens is 1. The highest BCUT2D eigenvalue weighted by Crippen LogP contribution is 2.32. The van der Waals surface area contributed by atoms with Crippen LogP contribution in [0.25, 0.3) is 33.5 Å². The SMILES string of the molecule is OCOc1ccc(F)c(-c2cc3ccn(Cn4nnc5ccccc54)cc-3n2)c1. The van der Waals surface area contributed by atoms with Crippen LogP contribution in [0.15, 0.2) is 67.0 Å². The first-order valence-corrected chi connectivity index (χ1v) is 8.99. The van der Waals surface area contributed by atoms with Gasteiger partial charge in [-0.25, -0.2) is 14.1 Å². The van der Waals surface area contributed by atoms with Gasteiger partial charge in [-0.05, 0) is 42.5 Å². The van der Waals surface area contributed by atoms with Crippen LogP contribution in [-0.4, -0.2) is 36.4 Å². The lowest BCUT2D eigenvalue weighted by atomic mass is 10.1. The van der Waals surface area contributed by atoms with E-state index in [-0.39, 0.29) is 0 Å². The van der Waals surface area contributed by atoms with Crippen LogP contribution in [0.4, 0.5) is 4.39 Å². The summed E-state index contributed by atoms with van der Waals surface area (Å²) in [5, 5.41) is 17.3. The molecule has 0 fully saturated rings. The molecule has 0 spiro atoms. The molecule has 0 amide bonds. The summed E-state index contributed by atoms with van der Waals surface area (Å²) < 4.78 is 23.1. The Hall–Kier alpha value is -3.78. The second kappa shape index (κ2) is 6.99. The Balaban J connectivity index is 1.50. The Morgan fingerprint density at radius 1 is 1.03 bits per heavy atom. The van der Waals surface area contributed by atoms with Gasteiger partial charge in [-0.15, -0.1) is 5.10 Å². The van der Waals surface area contributed by atoms with Crippen molar-refractivity contribution in [3.05, 3.63) is 72.8 Å². The van der Waals surface area contributed by atoms with Gasteiger partial charge in [-0.3, -0.25) is 0 Å². The van der Waals surface area contributed by atoms with Crippen molar-refractivity contribution in [2.45, 2.75) is 6.67 Å². The number of pyridine rings is 1. The molecule has 2 aromatic carbocycles. The van der Waals surface area contributed by atoms with Crippen LogP contribution in [0.1, 0.15) is 0 Å². The zero-order valence-electron chi connectivity index (χ0n) is 15.2. The lowest BCUT2D eigenvalue weighted by Gasteiger charge is -2.08. The average Bonchev–Trinajstić information content (AvgIpc) is 3.34. The van der Waals surface area contributed by atoms with E-state index in [1.165, 1.54) is 18.2 Å². The van der Waals surface area contributed by atoms with Gasteiger partial charge in [0.25, 0.3) is 0 Å². The molecule has 0 aliphatic carbocycles. The van der Waals surface area contributed by atoms with Gasteiger partial charge in [-0.2, -0.15) is 0 Å². The third kappa shape index (κ3) is 3.19. The quantitative estimate of drug-likeness (QED) is 0.466. The molecule has 2 aliphatic rings. The van der Waals surface area contributed by atoms with E-state index < -0.39 is 12.6 Å². The fourth-order valence-corrected chi connectivity index (χ4v) is 3.33. The van der Waals surface area contributed by atoms with Gasteiger partial charge < -0.3 is 14.4 Å². The van der Waals surface area contributed by atoms with Crippen LogP contribution in [0, 0.1) is 5.82 Å². The molecule has 3 heterocycles. The molecule has 0 saturated heterocycles. The van der Waals surface area contributed by atoms with E-state index in [4.69, 9.17) is 9.84 Å².